The van der Waals surface area contributed by atoms with E-state index in [1.807, 2.05) is 0 Å². The second-order valence-corrected chi connectivity index (χ2v) is 4.28. The first-order chi connectivity index (χ1) is 7.74. The summed E-state index contributed by atoms with van der Waals surface area (Å²) in [5.74, 6) is 0. The Bertz CT molecular complexity index is 418. The molecule has 3 unspecified atom stereocenters. The number of nitro benzene ring substituents is 1. The van der Waals surface area contributed by atoms with E-state index in [0.717, 1.165) is 18.5 Å². The molecule has 0 spiro atoms. The van der Waals surface area contributed by atoms with Gasteiger partial charge in [-0.3, -0.25) is 10.1 Å². The van der Waals surface area contributed by atoms with Crippen molar-refractivity contribution in [2.75, 3.05) is 6.54 Å². The molecular weight excluding hydrogens is 208 g/mol. The predicted molar refractivity (Wildman–Crippen MR) is 57.1 cm³/mol. The van der Waals surface area contributed by atoms with Gasteiger partial charge in [0.15, 0.2) is 0 Å². The fourth-order valence-electron chi connectivity index (χ4n) is 2.47. The summed E-state index contributed by atoms with van der Waals surface area (Å²) in [4.78, 5) is 10.1. The topological polar surface area (TPSA) is 64.4 Å². The predicted octanol–water partition coefficient (Wildman–Crippen LogP) is 1.40. The second-order valence-electron chi connectivity index (χ2n) is 4.28. The molecule has 1 aromatic rings. The number of hydrogen-bond acceptors (Lipinski definition) is 4. The summed E-state index contributed by atoms with van der Waals surface area (Å²) in [5, 5.41) is 13.9. The maximum absolute atomic E-state index is 10.5. The van der Waals surface area contributed by atoms with Gasteiger partial charge >= 0.3 is 0 Å². The number of ether oxygens (including phenoxy) is 1. The van der Waals surface area contributed by atoms with Crippen molar-refractivity contribution >= 4 is 5.69 Å². The molecule has 2 aliphatic heterocycles. The van der Waals surface area contributed by atoms with Crippen LogP contribution in [0.15, 0.2) is 24.3 Å². The number of non-ortho nitro benzene ring substituents is 1. The molecule has 1 aromatic carbocycles. The van der Waals surface area contributed by atoms with Crippen molar-refractivity contribution in [1.82, 2.24) is 5.32 Å². The van der Waals surface area contributed by atoms with E-state index < -0.39 is 0 Å². The lowest BCUT2D eigenvalue weighted by Gasteiger charge is -2.23. The number of nitrogens with one attached hydrogen (secondary N) is 1. The Balaban J connectivity index is 1.82. The Morgan fingerprint density at radius 3 is 2.62 bits per heavy atom. The summed E-state index contributed by atoms with van der Waals surface area (Å²) >= 11 is 0. The Morgan fingerprint density at radius 2 is 2.12 bits per heavy atom. The first-order valence-corrected chi connectivity index (χ1v) is 5.37. The lowest BCUT2D eigenvalue weighted by atomic mass is 10.0. The molecule has 0 amide bonds. The van der Waals surface area contributed by atoms with Crippen molar-refractivity contribution in [1.29, 1.82) is 0 Å². The third-order valence-corrected chi connectivity index (χ3v) is 3.26. The summed E-state index contributed by atoms with van der Waals surface area (Å²) in [5.41, 5.74) is 1.14. The first kappa shape index (κ1) is 9.74. The average molecular weight is 220 g/mol. The van der Waals surface area contributed by atoms with Crippen LogP contribution < -0.4 is 5.32 Å². The van der Waals surface area contributed by atoms with Gasteiger partial charge in [0.1, 0.15) is 0 Å². The minimum absolute atomic E-state index is 0.0551. The highest BCUT2D eigenvalue weighted by molar-refractivity contribution is 5.34. The minimum Gasteiger partial charge on any atom is -0.367 e. The van der Waals surface area contributed by atoms with Crippen LogP contribution in [-0.2, 0) is 4.74 Å². The van der Waals surface area contributed by atoms with Crippen LogP contribution in [0.2, 0.25) is 0 Å². The average Bonchev–Trinajstić information content (AvgIpc) is 2.91. The molecule has 3 atom stereocenters. The number of nitrogens with zero attached hydrogens (tertiary/aromatic N) is 1. The molecule has 0 saturated carbocycles. The zero-order valence-electron chi connectivity index (χ0n) is 8.63. The van der Waals surface area contributed by atoms with Crippen molar-refractivity contribution in [2.24, 2.45) is 0 Å². The number of nitro groups is 1. The van der Waals surface area contributed by atoms with Gasteiger partial charge in [0.05, 0.1) is 17.1 Å². The summed E-state index contributed by atoms with van der Waals surface area (Å²) in [6.07, 6.45) is 1.41. The molecule has 2 saturated heterocycles. The number of fused-ring (bicyclic) bond motifs is 2. The van der Waals surface area contributed by atoms with Crippen LogP contribution in [0, 0.1) is 10.1 Å². The van der Waals surface area contributed by atoms with Gasteiger partial charge in [-0.05, 0) is 24.1 Å². The third-order valence-electron chi connectivity index (χ3n) is 3.26. The third kappa shape index (κ3) is 1.48. The van der Waals surface area contributed by atoms with Crippen LogP contribution in [0.3, 0.4) is 0 Å². The molecule has 16 heavy (non-hydrogen) atoms. The number of hydrogen-bond donors (Lipinski definition) is 1. The monoisotopic (exact) mass is 220 g/mol. The van der Waals surface area contributed by atoms with Gasteiger partial charge in [0.25, 0.3) is 5.69 Å². The molecule has 2 heterocycles. The molecule has 1 N–H and O–H groups in total. The van der Waals surface area contributed by atoms with Crippen molar-refractivity contribution in [3.63, 3.8) is 0 Å². The van der Waals surface area contributed by atoms with Gasteiger partial charge in [0, 0.05) is 24.7 Å². The lowest BCUT2D eigenvalue weighted by Crippen LogP contribution is -2.33. The highest BCUT2D eigenvalue weighted by Crippen LogP contribution is 2.37. The standard InChI is InChI=1S/C11H12N2O3/c14-13(15)8-3-1-7(2-4-8)11-10-5-9(16-11)6-12-10/h1-4,9-12H,5-6H2. The fourth-order valence-corrected chi connectivity index (χ4v) is 2.47. The maximum Gasteiger partial charge on any atom is 0.269 e. The molecule has 2 bridgehead atoms. The molecule has 0 aromatic heterocycles. The van der Waals surface area contributed by atoms with Crippen molar-refractivity contribution in [2.45, 2.75) is 24.7 Å². The number of benzene rings is 1. The van der Waals surface area contributed by atoms with E-state index in [4.69, 9.17) is 4.74 Å². The maximum atomic E-state index is 10.5. The van der Waals surface area contributed by atoms with Crippen LogP contribution in [0.1, 0.15) is 18.1 Å². The quantitative estimate of drug-likeness (QED) is 0.604. The summed E-state index contributed by atoms with van der Waals surface area (Å²) in [6, 6.07) is 7.00. The Labute approximate surface area is 92.6 Å². The van der Waals surface area contributed by atoms with E-state index in [1.165, 1.54) is 12.1 Å². The Kier molecular flexibility index (Phi) is 2.15. The van der Waals surface area contributed by atoms with Gasteiger partial charge in [-0.2, -0.15) is 0 Å². The van der Waals surface area contributed by atoms with Crippen LogP contribution in [0.5, 0.6) is 0 Å². The molecule has 2 aliphatic rings. The molecule has 3 rings (SSSR count). The van der Waals surface area contributed by atoms with E-state index in [9.17, 15) is 10.1 Å². The van der Waals surface area contributed by atoms with Crippen LogP contribution >= 0.6 is 0 Å². The van der Waals surface area contributed by atoms with E-state index in [-0.39, 0.29) is 16.7 Å². The second kappa shape index (κ2) is 3.54. The SMILES string of the molecule is O=[N+]([O-])c1ccc(C2OC3CNC2C3)cc1. The first-order valence-electron chi connectivity index (χ1n) is 5.37. The normalized spacial score (nSPS) is 31.9. The van der Waals surface area contributed by atoms with Crippen molar-refractivity contribution in [3.05, 3.63) is 39.9 Å². The Morgan fingerprint density at radius 1 is 1.38 bits per heavy atom. The highest BCUT2D eigenvalue weighted by atomic mass is 16.6. The van der Waals surface area contributed by atoms with E-state index in [2.05, 4.69) is 5.32 Å². The number of morpholine rings is 1. The van der Waals surface area contributed by atoms with Crippen LogP contribution in [0.25, 0.3) is 0 Å². The fraction of sp³-hybridized carbons (Fsp3) is 0.455. The zero-order chi connectivity index (χ0) is 11.1. The zero-order valence-corrected chi connectivity index (χ0v) is 8.63. The van der Waals surface area contributed by atoms with Gasteiger partial charge in [-0.25, -0.2) is 0 Å². The van der Waals surface area contributed by atoms with E-state index >= 15 is 0 Å². The van der Waals surface area contributed by atoms with Crippen molar-refractivity contribution in [3.8, 4) is 0 Å². The van der Waals surface area contributed by atoms with Gasteiger partial charge in [-0.1, -0.05) is 0 Å². The smallest absolute Gasteiger partial charge is 0.269 e. The molecule has 0 radical (unpaired) electrons. The minimum atomic E-state index is -0.385. The lowest BCUT2D eigenvalue weighted by molar-refractivity contribution is -0.384. The molecule has 2 fully saturated rings. The molecule has 84 valence electrons. The van der Waals surface area contributed by atoms with Gasteiger partial charge < -0.3 is 10.1 Å². The summed E-state index contributed by atoms with van der Waals surface area (Å²) in [6.45, 7) is 0.925. The Hall–Kier alpha value is -1.46. The van der Waals surface area contributed by atoms with Crippen LogP contribution in [-0.4, -0.2) is 23.6 Å². The molecular formula is C11H12N2O3. The highest BCUT2D eigenvalue weighted by Gasteiger charge is 2.41. The van der Waals surface area contributed by atoms with Crippen molar-refractivity contribution < 1.29 is 9.66 Å². The summed E-state index contributed by atoms with van der Waals surface area (Å²) in [7, 11) is 0. The molecule has 5 nitrogen and oxygen atoms in total. The van der Waals surface area contributed by atoms with Gasteiger partial charge in [0.2, 0.25) is 0 Å². The molecule has 5 heteroatoms. The van der Waals surface area contributed by atoms with E-state index in [1.54, 1.807) is 12.1 Å². The molecule has 0 aliphatic carbocycles. The van der Waals surface area contributed by atoms with Crippen LogP contribution in [0.4, 0.5) is 5.69 Å². The largest absolute Gasteiger partial charge is 0.367 e. The number of rotatable bonds is 2. The summed E-state index contributed by atoms with van der Waals surface area (Å²) < 4.78 is 5.81. The van der Waals surface area contributed by atoms with E-state index in [0.29, 0.717) is 12.1 Å². The van der Waals surface area contributed by atoms with Gasteiger partial charge in [-0.15, -0.1) is 0 Å².